The van der Waals surface area contributed by atoms with E-state index in [1.807, 2.05) is 6.92 Å². The molecule has 1 saturated carbocycles. The molecule has 3 atom stereocenters. The predicted octanol–water partition coefficient (Wildman–Crippen LogP) is 3.79. The topological polar surface area (TPSA) is 54.9 Å². The van der Waals surface area contributed by atoms with E-state index >= 15 is 0 Å². The van der Waals surface area contributed by atoms with Gasteiger partial charge in [0.25, 0.3) is 0 Å². The Bertz CT molecular complexity index is 637. The highest BCUT2D eigenvalue weighted by Gasteiger charge is 2.42. The van der Waals surface area contributed by atoms with Gasteiger partial charge >= 0.3 is 6.36 Å². The molecular formula is C18H25F3IN3O2. The summed E-state index contributed by atoms with van der Waals surface area (Å²) >= 11 is 0. The lowest BCUT2D eigenvalue weighted by Crippen LogP contribution is -2.39. The third-order valence-corrected chi connectivity index (χ3v) is 4.48. The third kappa shape index (κ3) is 6.70. The number of hydrogen-bond donors (Lipinski definition) is 2. The maximum Gasteiger partial charge on any atom is 0.573 e. The van der Waals surface area contributed by atoms with Crippen molar-refractivity contribution in [3.8, 4) is 5.75 Å². The quantitative estimate of drug-likeness (QED) is 0.356. The molecule has 0 aromatic heterocycles. The van der Waals surface area contributed by atoms with Gasteiger partial charge in [-0.05, 0) is 37.8 Å². The van der Waals surface area contributed by atoms with E-state index < -0.39 is 6.36 Å². The first-order valence-corrected chi connectivity index (χ1v) is 8.97. The van der Waals surface area contributed by atoms with E-state index in [-0.39, 0.29) is 47.8 Å². The number of halogens is 4. The van der Waals surface area contributed by atoms with Crippen molar-refractivity contribution in [3.63, 3.8) is 0 Å². The van der Waals surface area contributed by atoms with E-state index in [0.717, 1.165) is 25.9 Å². The van der Waals surface area contributed by atoms with Gasteiger partial charge in [0, 0.05) is 25.1 Å². The Kier molecular flexibility index (Phi) is 8.02. The van der Waals surface area contributed by atoms with E-state index in [1.54, 1.807) is 18.2 Å². The standard InChI is InChI=1S/C18H24F3N3O2.HI/c1-2-22-17(23-11-12-6-5-9-25-12)24-15-10-14(15)13-7-3-4-8-16(13)26-18(19,20)21;/h3-4,7-8,12,14-15H,2,5-6,9-11H2,1H3,(H2,22,23,24);1H. The van der Waals surface area contributed by atoms with Crippen LogP contribution in [0.5, 0.6) is 5.75 Å². The van der Waals surface area contributed by atoms with Crippen LogP contribution in [0.15, 0.2) is 29.3 Å². The number of hydrogen-bond acceptors (Lipinski definition) is 3. The molecule has 2 fully saturated rings. The Morgan fingerprint density at radius 1 is 1.33 bits per heavy atom. The molecule has 2 N–H and O–H groups in total. The molecule has 2 aliphatic rings. The fourth-order valence-corrected chi connectivity index (χ4v) is 3.18. The van der Waals surface area contributed by atoms with Gasteiger partial charge in [-0.2, -0.15) is 0 Å². The number of para-hydroxylation sites is 1. The molecule has 5 nitrogen and oxygen atoms in total. The van der Waals surface area contributed by atoms with Crippen LogP contribution in [0, 0.1) is 0 Å². The van der Waals surface area contributed by atoms with Crippen LogP contribution in [0.4, 0.5) is 13.2 Å². The van der Waals surface area contributed by atoms with Crippen LogP contribution in [-0.2, 0) is 4.74 Å². The Morgan fingerprint density at radius 2 is 2.11 bits per heavy atom. The lowest BCUT2D eigenvalue weighted by atomic mass is 10.1. The van der Waals surface area contributed by atoms with Gasteiger partial charge in [0.1, 0.15) is 5.75 Å². The summed E-state index contributed by atoms with van der Waals surface area (Å²) in [4.78, 5) is 4.54. The summed E-state index contributed by atoms with van der Waals surface area (Å²) in [6, 6.07) is 6.35. The maximum absolute atomic E-state index is 12.6. The zero-order valence-electron chi connectivity index (χ0n) is 15.1. The van der Waals surface area contributed by atoms with Crippen LogP contribution in [-0.4, -0.2) is 44.2 Å². The molecule has 1 aromatic rings. The number of benzene rings is 1. The first kappa shape index (κ1) is 22.1. The van der Waals surface area contributed by atoms with Crippen LogP contribution in [0.3, 0.4) is 0 Å². The van der Waals surface area contributed by atoms with Crippen molar-refractivity contribution >= 4 is 29.9 Å². The molecule has 0 bridgehead atoms. The Hall–Kier alpha value is -1.23. The maximum atomic E-state index is 12.6. The molecule has 1 saturated heterocycles. The molecule has 9 heteroatoms. The number of alkyl halides is 3. The Morgan fingerprint density at radius 3 is 2.78 bits per heavy atom. The van der Waals surface area contributed by atoms with Crippen molar-refractivity contribution in [2.75, 3.05) is 19.7 Å². The summed E-state index contributed by atoms with van der Waals surface area (Å²) < 4.78 is 47.5. The molecule has 152 valence electrons. The molecule has 1 aromatic carbocycles. The molecule has 27 heavy (non-hydrogen) atoms. The molecular weight excluding hydrogens is 474 g/mol. The minimum absolute atomic E-state index is 0. The van der Waals surface area contributed by atoms with E-state index in [2.05, 4.69) is 20.4 Å². The smallest absolute Gasteiger partial charge is 0.405 e. The molecule has 0 amide bonds. The van der Waals surface area contributed by atoms with Crippen LogP contribution in [0.1, 0.15) is 37.7 Å². The van der Waals surface area contributed by atoms with Crippen LogP contribution >= 0.6 is 24.0 Å². The second-order valence-electron chi connectivity index (χ2n) is 6.53. The number of rotatable bonds is 6. The van der Waals surface area contributed by atoms with Crippen molar-refractivity contribution in [2.45, 2.75) is 50.6 Å². The number of guanidine groups is 1. The zero-order valence-corrected chi connectivity index (χ0v) is 17.4. The fourth-order valence-electron chi connectivity index (χ4n) is 3.18. The normalized spacial score (nSPS) is 24.9. The van der Waals surface area contributed by atoms with Gasteiger partial charge in [-0.15, -0.1) is 37.1 Å². The van der Waals surface area contributed by atoms with Gasteiger partial charge in [-0.25, -0.2) is 0 Å². The molecule has 3 rings (SSSR count). The molecule has 1 aliphatic carbocycles. The van der Waals surface area contributed by atoms with Crippen LogP contribution in [0.25, 0.3) is 0 Å². The van der Waals surface area contributed by atoms with Crippen molar-refractivity contribution in [3.05, 3.63) is 29.8 Å². The van der Waals surface area contributed by atoms with Gasteiger partial charge in [-0.1, -0.05) is 18.2 Å². The molecule has 0 radical (unpaired) electrons. The van der Waals surface area contributed by atoms with Crippen molar-refractivity contribution in [1.29, 1.82) is 0 Å². The summed E-state index contributed by atoms with van der Waals surface area (Å²) in [5.41, 5.74) is 0.567. The lowest BCUT2D eigenvalue weighted by molar-refractivity contribution is -0.274. The SMILES string of the molecule is CCNC(=NCC1CCCO1)NC1CC1c1ccccc1OC(F)(F)F.I. The third-order valence-electron chi connectivity index (χ3n) is 4.48. The molecule has 1 heterocycles. The van der Waals surface area contributed by atoms with E-state index in [1.165, 1.54) is 6.07 Å². The van der Waals surface area contributed by atoms with E-state index in [0.29, 0.717) is 24.6 Å². The van der Waals surface area contributed by atoms with Gasteiger partial charge in [-0.3, -0.25) is 4.99 Å². The summed E-state index contributed by atoms with van der Waals surface area (Å²) in [5, 5.41) is 6.48. The largest absolute Gasteiger partial charge is 0.573 e. The molecule has 1 aliphatic heterocycles. The van der Waals surface area contributed by atoms with Crippen molar-refractivity contribution < 1.29 is 22.6 Å². The average molecular weight is 499 g/mol. The first-order chi connectivity index (χ1) is 12.5. The van der Waals surface area contributed by atoms with Crippen molar-refractivity contribution in [1.82, 2.24) is 10.6 Å². The summed E-state index contributed by atoms with van der Waals surface area (Å²) in [5.74, 6) is 0.514. The minimum Gasteiger partial charge on any atom is -0.405 e. The molecule has 3 unspecified atom stereocenters. The predicted molar refractivity (Wildman–Crippen MR) is 108 cm³/mol. The number of nitrogens with zero attached hydrogens (tertiary/aromatic N) is 1. The fraction of sp³-hybridized carbons (Fsp3) is 0.611. The Balaban J connectivity index is 0.00000261. The average Bonchev–Trinajstić information content (AvgIpc) is 3.13. The van der Waals surface area contributed by atoms with Gasteiger partial charge in [0.05, 0.1) is 12.6 Å². The zero-order chi connectivity index (χ0) is 18.6. The lowest BCUT2D eigenvalue weighted by Gasteiger charge is -2.15. The number of aliphatic imine (C=N–C) groups is 1. The van der Waals surface area contributed by atoms with Gasteiger partial charge in [0.15, 0.2) is 5.96 Å². The van der Waals surface area contributed by atoms with Crippen LogP contribution < -0.4 is 15.4 Å². The highest BCUT2D eigenvalue weighted by atomic mass is 127. The van der Waals surface area contributed by atoms with E-state index in [4.69, 9.17) is 4.74 Å². The second-order valence-corrected chi connectivity index (χ2v) is 6.53. The monoisotopic (exact) mass is 499 g/mol. The summed E-state index contributed by atoms with van der Waals surface area (Å²) in [7, 11) is 0. The second kappa shape index (κ2) is 9.81. The highest BCUT2D eigenvalue weighted by molar-refractivity contribution is 14.0. The molecule has 0 spiro atoms. The number of ether oxygens (including phenoxy) is 2. The van der Waals surface area contributed by atoms with Crippen LogP contribution in [0.2, 0.25) is 0 Å². The number of nitrogens with one attached hydrogen (secondary N) is 2. The summed E-state index contributed by atoms with van der Waals surface area (Å²) in [6.07, 6.45) is -1.72. The first-order valence-electron chi connectivity index (χ1n) is 8.97. The summed E-state index contributed by atoms with van der Waals surface area (Å²) in [6.45, 7) is 4.05. The minimum atomic E-state index is -4.69. The Labute approximate surface area is 174 Å². The highest BCUT2D eigenvalue weighted by Crippen LogP contribution is 2.45. The van der Waals surface area contributed by atoms with Crippen molar-refractivity contribution in [2.24, 2.45) is 4.99 Å². The van der Waals surface area contributed by atoms with Gasteiger partial charge in [0.2, 0.25) is 0 Å². The van der Waals surface area contributed by atoms with Gasteiger partial charge < -0.3 is 20.1 Å². The van der Waals surface area contributed by atoms with E-state index in [9.17, 15) is 13.2 Å².